The average Bonchev–Trinajstić information content (AvgIpc) is 3.14. The van der Waals surface area contributed by atoms with E-state index in [0.717, 1.165) is 24.3 Å². The third-order valence-corrected chi connectivity index (χ3v) is 4.68. The number of benzene rings is 2. The van der Waals surface area contributed by atoms with Crippen LogP contribution in [-0.2, 0) is 18.0 Å². The van der Waals surface area contributed by atoms with Crippen LogP contribution in [0.25, 0.3) is 15.7 Å². The van der Waals surface area contributed by atoms with E-state index in [0.29, 0.717) is 6.07 Å². The molecule has 0 spiro atoms. The van der Waals surface area contributed by atoms with E-state index in [-0.39, 0.29) is 22.3 Å². The van der Waals surface area contributed by atoms with Gasteiger partial charge in [0.15, 0.2) is 5.69 Å². The molecule has 0 saturated carbocycles. The van der Waals surface area contributed by atoms with Gasteiger partial charge < -0.3 is 14.8 Å². The predicted octanol–water partition coefficient (Wildman–Crippen LogP) is 5.91. The minimum Gasteiger partial charge on any atom is -0.490 e. The number of nitriles is 1. The van der Waals surface area contributed by atoms with Crippen LogP contribution in [0.5, 0.6) is 5.75 Å². The van der Waals surface area contributed by atoms with Gasteiger partial charge in [0, 0.05) is 5.52 Å². The van der Waals surface area contributed by atoms with Crippen molar-refractivity contribution >= 4 is 16.6 Å². The van der Waals surface area contributed by atoms with Crippen molar-refractivity contribution in [2.24, 2.45) is 0 Å². The molecule has 5 nitrogen and oxygen atoms in total. The lowest BCUT2D eigenvalue weighted by molar-refractivity contribution is -0.138. The minimum atomic E-state index is -4.79. The summed E-state index contributed by atoms with van der Waals surface area (Å²) in [6.07, 6.45) is -9.54. The molecule has 0 bridgehead atoms. The van der Waals surface area contributed by atoms with Gasteiger partial charge in [0.05, 0.1) is 35.0 Å². The first kappa shape index (κ1) is 23.0. The molecule has 0 radical (unpaired) electrons. The molecule has 0 aliphatic heterocycles. The van der Waals surface area contributed by atoms with Gasteiger partial charge in [0.2, 0.25) is 0 Å². The van der Waals surface area contributed by atoms with Gasteiger partial charge in [0.1, 0.15) is 18.0 Å². The lowest BCUT2D eigenvalue weighted by Gasteiger charge is -2.23. The van der Waals surface area contributed by atoms with Gasteiger partial charge in [-0.25, -0.2) is 4.85 Å². The van der Waals surface area contributed by atoms with Gasteiger partial charge in [-0.1, -0.05) is 0 Å². The van der Waals surface area contributed by atoms with Crippen LogP contribution in [-0.4, -0.2) is 16.7 Å². The molecule has 2 N–H and O–H groups in total. The molecule has 1 atom stereocenters. The van der Waals surface area contributed by atoms with Crippen LogP contribution in [0, 0.1) is 17.9 Å². The van der Waals surface area contributed by atoms with Crippen molar-refractivity contribution in [3.63, 3.8) is 0 Å². The summed E-state index contributed by atoms with van der Waals surface area (Å²) in [7, 11) is 0. The Hall–Kier alpha value is -3.70. The lowest BCUT2D eigenvalue weighted by Crippen LogP contribution is -2.30. The van der Waals surface area contributed by atoms with Crippen LogP contribution < -0.4 is 4.74 Å². The Labute approximate surface area is 177 Å². The van der Waals surface area contributed by atoms with Gasteiger partial charge in [0.25, 0.3) is 0 Å². The maximum absolute atomic E-state index is 13.2. The first-order valence-electron chi connectivity index (χ1n) is 8.84. The maximum atomic E-state index is 13.2. The monoisotopic (exact) mass is 453 g/mol. The third-order valence-electron chi connectivity index (χ3n) is 4.68. The number of aliphatic hydroxyl groups is 1. The van der Waals surface area contributed by atoms with Crippen LogP contribution in [0.2, 0.25) is 0 Å². The Morgan fingerprint density at radius 3 is 2.28 bits per heavy atom. The van der Waals surface area contributed by atoms with E-state index >= 15 is 0 Å². The Balaban J connectivity index is 1.91. The molecule has 0 aliphatic carbocycles. The fourth-order valence-corrected chi connectivity index (χ4v) is 3.03. The van der Waals surface area contributed by atoms with Gasteiger partial charge in [-0.15, -0.1) is 0 Å². The van der Waals surface area contributed by atoms with Crippen LogP contribution in [0.3, 0.4) is 0 Å². The SMILES string of the molecule is [C-]#[N+]c1cc2cc(C(C)(O)COc3ccc(C#N)c(C(F)(F)F)c3)[nH]c2cc1C(F)(F)F. The lowest BCUT2D eigenvalue weighted by atomic mass is 10.0. The molecule has 1 unspecified atom stereocenters. The molecule has 0 saturated heterocycles. The molecule has 3 aromatic rings. The first-order chi connectivity index (χ1) is 14.8. The number of H-pyrrole nitrogens is 1. The average molecular weight is 453 g/mol. The maximum Gasteiger partial charge on any atom is 0.417 e. The highest BCUT2D eigenvalue weighted by Gasteiger charge is 2.36. The highest BCUT2D eigenvalue weighted by Crippen LogP contribution is 2.40. The molecule has 3 rings (SSSR count). The molecule has 11 heteroatoms. The summed E-state index contributed by atoms with van der Waals surface area (Å²) in [6.45, 7) is 7.67. The number of alkyl halides is 6. The molecule has 0 amide bonds. The normalized spacial score (nSPS) is 13.9. The van der Waals surface area contributed by atoms with Crippen molar-refractivity contribution in [1.29, 1.82) is 5.26 Å². The number of halogens is 6. The number of ether oxygens (including phenoxy) is 1. The van der Waals surface area contributed by atoms with E-state index < -0.39 is 46.9 Å². The zero-order valence-corrected chi connectivity index (χ0v) is 16.2. The second-order valence-corrected chi connectivity index (χ2v) is 7.13. The smallest absolute Gasteiger partial charge is 0.417 e. The van der Waals surface area contributed by atoms with Crippen LogP contribution in [0.4, 0.5) is 32.0 Å². The predicted molar refractivity (Wildman–Crippen MR) is 101 cm³/mol. The molecular formula is C21H13F6N3O2. The summed E-state index contributed by atoms with van der Waals surface area (Å²) in [5.74, 6) is -0.262. The van der Waals surface area contributed by atoms with Crippen LogP contribution in [0.1, 0.15) is 29.3 Å². The number of rotatable bonds is 4. The number of nitrogens with one attached hydrogen (secondary N) is 1. The van der Waals surface area contributed by atoms with Gasteiger partial charge in [-0.3, -0.25) is 0 Å². The molecule has 1 heterocycles. The number of fused-ring (bicyclic) bond motifs is 1. The van der Waals surface area contributed by atoms with E-state index in [1.165, 1.54) is 19.1 Å². The highest BCUT2D eigenvalue weighted by atomic mass is 19.4. The van der Waals surface area contributed by atoms with Crippen molar-refractivity contribution in [2.45, 2.75) is 24.9 Å². The quantitative estimate of drug-likeness (QED) is 0.381. The fraction of sp³-hybridized carbons (Fsp3) is 0.238. The number of hydrogen-bond acceptors (Lipinski definition) is 3. The van der Waals surface area contributed by atoms with E-state index in [2.05, 4.69) is 9.83 Å². The highest BCUT2D eigenvalue weighted by molar-refractivity contribution is 5.86. The molecule has 2 aromatic carbocycles. The summed E-state index contributed by atoms with van der Waals surface area (Å²) < 4.78 is 84.0. The number of aromatic nitrogens is 1. The summed E-state index contributed by atoms with van der Waals surface area (Å²) in [4.78, 5) is 5.52. The Morgan fingerprint density at radius 1 is 1.06 bits per heavy atom. The molecule has 32 heavy (non-hydrogen) atoms. The van der Waals surface area contributed by atoms with Gasteiger partial charge in [-0.05, 0) is 48.7 Å². The molecule has 1 aromatic heterocycles. The second-order valence-electron chi connectivity index (χ2n) is 7.13. The van der Waals surface area contributed by atoms with E-state index in [9.17, 15) is 31.4 Å². The summed E-state index contributed by atoms with van der Waals surface area (Å²) in [5, 5.41) is 19.8. The second kappa shape index (κ2) is 7.77. The molecular weight excluding hydrogens is 440 g/mol. The van der Waals surface area contributed by atoms with E-state index in [1.807, 2.05) is 0 Å². The van der Waals surface area contributed by atoms with Crippen molar-refractivity contribution in [3.8, 4) is 11.8 Å². The van der Waals surface area contributed by atoms with Crippen molar-refractivity contribution in [3.05, 3.63) is 70.2 Å². The molecule has 0 fully saturated rings. The first-order valence-corrected chi connectivity index (χ1v) is 8.84. The van der Waals surface area contributed by atoms with Crippen molar-refractivity contribution in [1.82, 2.24) is 4.98 Å². The Bertz CT molecular complexity index is 1260. The van der Waals surface area contributed by atoms with Crippen molar-refractivity contribution in [2.75, 3.05) is 6.61 Å². The number of hydrogen-bond donors (Lipinski definition) is 2. The molecule has 0 aliphatic rings. The zero-order chi connectivity index (χ0) is 23.9. The number of aromatic amines is 1. The molecule has 166 valence electrons. The van der Waals surface area contributed by atoms with Crippen molar-refractivity contribution < 1.29 is 36.2 Å². The summed E-state index contributed by atoms with van der Waals surface area (Å²) >= 11 is 0. The largest absolute Gasteiger partial charge is 0.490 e. The number of nitrogens with zero attached hydrogens (tertiary/aromatic N) is 2. The van der Waals surface area contributed by atoms with E-state index in [4.69, 9.17) is 16.6 Å². The third kappa shape index (κ3) is 4.48. The topological polar surface area (TPSA) is 73.4 Å². The fourth-order valence-electron chi connectivity index (χ4n) is 3.03. The zero-order valence-electron chi connectivity index (χ0n) is 16.2. The van der Waals surface area contributed by atoms with Crippen LogP contribution >= 0.6 is 0 Å². The van der Waals surface area contributed by atoms with Crippen LogP contribution in [0.15, 0.2) is 36.4 Å². The standard InChI is InChI=1S/C21H13F6N3O2/c1-19(31,10-32-13-4-3-11(9-28)14(7-13)20(22,23)24)18-6-12-5-17(29-2)15(21(25,26)27)8-16(12)30-18/h3-8,30-31H,10H2,1H3. The van der Waals surface area contributed by atoms with E-state index in [1.54, 1.807) is 0 Å². The Morgan fingerprint density at radius 2 is 1.72 bits per heavy atom. The minimum absolute atomic E-state index is 0.0118. The van der Waals surface area contributed by atoms with Gasteiger partial charge in [-0.2, -0.15) is 31.6 Å². The Kier molecular flexibility index (Phi) is 5.58. The van der Waals surface area contributed by atoms with Gasteiger partial charge >= 0.3 is 12.4 Å². The summed E-state index contributed by atoms with van der Waals surface area (Å²) in [5.41, 5.74) is -5.32. The summed E-state index contributed by atoms with van der Waals surface area (Å²) in [6, 6.07) is 7.22.